The number of pyridine rings is 1. The lowest BCUT2D eigenvalue weighted by atomic mass is 10.1. The van der Waals surface area contributed by atoms with Gasteiger partial charge in [-0.2, -0.15) is 15.0 Å². The molecular weight excluding hydrogens is 366 g/mol. The van der Waals surface area contributed by atoms with E-state index in [9.17, 15) is 5.11 Å². The van der Waals surface area contributed by atoms with Gasteiger partial charge in [0, 0.05) is 17.1 Å². The number of hydrogen-bond donors (Lipinski definition) is 2. The quantitative estimate of drug-likeness (QED) is 0.518. The number of nitrogens with zero attached hydrogens (tertiary/aromatic N) is 4. The van der Waals surface area contributed by atoms with Gasteiger partial charge in [-0.1, -0.05) is 24.3 Å². The van der Waals surface area contributed by atoms with Crippen LogP contribution in [0.3, 0.4) is 0 Å². The van der Waals surface area contributed by atoms with Crippen LogP contribution in [-0.4, -0.2) is 37.8 Å². The first kappa shape index (κ1) is 18.9. The van der Waals surface area contributed by atoms with Crippen molar-refractivity contribution in [2.24, 2.45) is 0 Å². The summed E-state index contributed by atoms with van der Waals surface area (Å²) in [4.78, 5) is 6.01. The normalized spacial score (nSPS) is 11.6. The lowest BCUT2D eigenvalue weighted by molar-refractivity contribution is 0.0532. The van der Waals surface area contributed by atoms with Crippen molar-refractivity contribution in [2.75, 3.05) is 12.4 Å². The zero-order valence-electron chi connectivity index (χ0n) is 16.6. The number of nitrogens with one attached hydrogen (secondary N) is 1. The Hall–Kier alpha value is -3.45. The molecule has 0 saturated carbocycles. The Morgan fingerprint density at radius 2 is 1.90 bits per heavy atom. The fraction of sp³-hybridized carbons (Fsp3) is 0.227. The highest BCUT2D eigenvalue weighted by atomic mass is 16.5. The van der Waals surface area contributed by atoms with Gasteiger partial charge in [0.2, 0.25) is 0 Å². The van der Waals surface area contributed by atoms with Crippen molar-refractivity contribution < 1.29 is 9.84 Å². The molecule has 2 aromatic carbocycles. The van der Waals surface area contributed by atoms with E-state index in [4.69, 9.17) is 4.74 Å². The van der Waals surface area contributed by atoms with Crippen molar-refractivity contribution in [3.63, 3.8) is 0 Å². The van der Waals surface area contributed by atoms with Crippen LogP contribution in [0.15, 0.2) is 60.9 Å². The van der Waals surface area contributed by atoms with Crippen LogP contribution in [0, 0.1) is 0 Å². The van der Waals surface area contributed by atoms with Crippen molar-refractivity contribution in [1.82, 2.24) is 20.0 Å². The van der Waals surface area contributed by atoms with Crippen LogP contribution in [0.2, 0.25) is 0 Å². The van der Waals surface area contributed by atoms with E-state index in [0.717, 1.165) is 39.3 Å². The van der Waals surface area contributed by atoms with Crippen LogP contribution in [0.5, 0.6) is 5.75 Å². The lowest BCUT2D eigenvalue weighted by Gasteiger charge is -2.15. The van der Waals surface area contributed by atoms with Gasteiger partial charge in [0.25, 0.3) is 0 Å². The molecule has 2 N–H and O–H groups in total. The summed E-state index contributed by atoms with van der Waals surface area (Å²) in [6.07, 6.45) is 3.55. The van der Waals surface area contributed by atoms with Gasteiger partial charge >= 0.3 is 0 Å². The molecule has 0 amide bonds. The topological polar surface area (TPSA) is 85.1 Å². The van der Waals surface area contributed by atoms with Crippen molar-refractivity contribution >= 4 is 22.3 Å². The van der Waals surface area contributed by atoms with E-state index in [1.54, 1.807) is 27.2 Å². The Morgan fingerprint density at radius 3 is 2.69 bits per heavy atom. The van der Waals surface area contributed by atoms with E-state index in [1.807, 2.05) is 48.7 Å². The molecule has 4 aromatic rings. The van der Waals surface area contributed by atoms with Crippen LogP contribution in [0.1, 0.15) is 13.8 Å². The van der Waals surface area contributed by atoms with Crippen LogP contribution in [-0.2, 0) is 6.54 Å². The monoisotopic (exact) mass is 389 g/mol. The Balaban J connectivity index is 1.63. The summed E-state index contributed by atoms with van der Waals surface area (Å²) in [6, 6.07) is 15.8. The average Bonchev–Trinajstić information content (AvgIpc) is 3.14. The summed E-state index contributed by atoms with van der Waals surface area (Å²) in [5, 5.41) is 24.1. The summed E-state index contributed by atoms with van der Waals surface area (Å²) >= 11 is 0. The van der Waals surface area contributed by atoms with Crippen LogP contribution in [0.25, 0.3) is 22.0 Å². The maximum absolute atomic E-state index is 9.96. The van der Waals surface area contributed by atoms with Crippen molar-refractivity contribution in [3.05, 3.63) is 60.9 Å². The number of fused-ring (bicyclic) bond motifs is 1. The third-order valence-electron chi connectivity index (χ3n) is 4.45. The Labute approximate surface area is 169 Å². The highest BCUT2D eigenvalue weighted by molar-refractivity contribution is 5.88. The summed E-state index contributed by atoms with van der Waals surface area (Å²) in [6.45, 7) is 3.79. The molecule has 0 unspecified atom stereocenters. The molecular formula is C22H23N5O2. The molecule has 29 heavy (non-hydrogen) atoms. The Morgan fingerprint density at radius 1 is 1.07 bits per heavy atom. The number of hydrogen-bond acceptors (Lipinski definition) is 6. The molecule has 0 fully saturated rings. The predicted molar refractivity (Wildman–Crippen MR) is 113 cm³/mol. The van der Waals surface area contributed by atoms with Gasteiger partial charge in [0.1, 0.15) is 17.3 Å². The van der Waals surface area contributed by atoms with Crippen molar-refractivity contribution in [2.45, 2.75) is 26.0 Å². The fourth-order valence-corrected chi connectivity index (χ4v) is 3.11. The van der Waals surface area contributed by atoms with Gasteiger partial charge < -0.3 is 15.2 Å². The number of aromatic nitrogens is 4. The number of rotatable bonds is 6. The number of methoxy groups -OCH3 is 1. The molecule has 0 saturated heterocycles. The van der Waals surface area contributed by atoms with E-state index in [2.05, 4.69) is 26.6 Å². The standard InChI is InChI=1S/C22H23N5O2/c1-22(2,28)14-27-24-13-19(26-27)15-8-9-16-12-23-21(11-17(16)10-15)25-18-6-4-5-7-20(18)29-3/h4-13,28H,14H2,1-3H3,(H,23,25). The van der Waals surface area contributed by atoms with Crippen molar-refractivity contribution in [1.29, 1.82) is 0 Å². The summed E-state index contributed by atoms with van der Waals surface area (Å²) in [7, 11) is 1.64. The SMILES string of the molecule is COc1ccccc1Nc1cc2cc(-c3cnn(CC(C)(C)O)n3)ccc2cn1. The highest BCUT2D eigenvalue weighted by Gasteiger charge is 2.15. The first-order valence-electron chi connectivity index (χ1n) is 9.34. The van der Waals surface area contributed by atoms with Gasteiger partial charge in [0.15, 0.2) is 0 Å². The second-order valence-electron chi connectivity index (χ2n) is 7.53. The minimum Gasteiger partial charge on any atom is -0.495 e. The maximum Gasteiger partial charge on any atom is 0.142 e. The maximum atomic E-state index is 9.96. The molecule has 7 nitrogen and oxygen atoms in total. The Bertz CT molecular complexity index is 1150. The number of aliphatic hydroxyl groups is 1. The van der Waals surface area contributed by atoms with Crippen LogP contribution < -0.4 is 10.1 Å². The lowest BCUT2D eigenvalue weighted by Crippen LogP contribution is -2.27. The molecule has 0 spiro atoms. The molecule has 4 rings (SSSR count). The van der Waals surface area contributed by atoms with E-state index in [0.29, 0.717) is 6.54 Å². The smallest absolute Gasteiger partial charge is 0.142 e. The number of para-hydroxylation sites is 2. The predicted octanol–water partition coefficient (Wildman–Crippen LogP) is 4.02. The summed E-state index contributed by atoms with van der Waals surface area (Å²) < 4.78 is 5.39. The molecule has 2 aromatic heterocycles. The molecule has 0 aliphatic heterocycles. The number of ether oxygens (including phenoxy) is 1. The first-order valence-corrected chi connectivity index (χ1v) is 9.34. The third-order valence-corrected chi connectivity index (χ3v) is 4.45. The van der Waals surface area contributed by atoms with Gasteiger partial charge in [-0.25, -0.2) is 4.98 Å². The van der Waals surface area contributed by atoms with Gasteiger partial charge in [-0.05, 0) is 43.5 Å². The second-order valence-corrected chi connectivity index (χ2v) is 7.53. The summed E-state index contributed by atoms with van der Waals surface area (Å²) in [5.41, 5.74) is 1.69. The first-order chi connectivity index (χ1) is 13.9. The van der Waals surface area contributed by atoms with E-state index >= 15 is 0 Å². The van der Waals surface area contributed by atoms with Gasteiger partial charge in [-0.15, -0.1) is 0 Å². The molecule has 2 heterocycles. The zero-order chi connectivity index (χ0) is 20.4. The third kappa shape index (κ3) is 4.35. The molecule has 0 bridgehead atoms. The molecule has 0 aliphatic carbocycles. The highest BCUT2D eigenvalue weighted by Crippen LogP contribution is 2.29. The minimum absolute atomic E-state index is 0.331. The van der Waals surface area contributed by atoms with Crippen LogP contribution in [0.4, 0.5) is 11.5 Å². The minimum atomic E-state index is -0.871. The average molecular weight is 389 g/mol. The Kier molecular flexibility index (Phi) is 4.90. The second kappa shape index (κ2) is 7.52. The van der Waals surface area contributed by atoms with Gasteiger partial charge in [0.05, 0.1) is 31.1 Å². The number of anilines is 2. The fourth-order valence-electron chi connectivity index (χ4n) is 3.11. The van der Waals surface area contributed by atoms with E-state index < -0.39 is 5.60 Å². The molecule has 0 radical (unpaired) electrons. The number of benzene rings is 2. The summed E-state index contributed by atoms with van der Waals surface area (Å²) in [5.74, 6) is 1.48. The molecule has 148 valence electrons. The van der Waals surface area contributed by atoms with Crippen LogP contribution >= 0.6 is 0 Å². The molecule has 7 heteroatoms. The van der Waals surface area contributed by atoms with E-state index in [-0.39, 0.29) is 0 Å². The van der Waals surface area contributed by atoms with E-state index in [1.165, 1.54) is 4.80 Å². The molecule has 0 atom stereocenters. The molecule has 0 aliphatic rings. The zero-order valence-corrected chi connectivity index (χ0v) is 16.6. The largest absolute Gasteiger partial charge is 0.495 e. The van der Waals surface area contributed by atoms with Crippen molar-refractivity contribution in [3.8, 4) is 17.0 Å². The van der Waals surface area contributed by atoms with Gasteiger partial charge in [-0.3, -0.25) is 0 Å².